The van der Waals surface area contributed by atoms with Gasteiger partial charge in [0.1, 0.15) is 18.2 Å². The van der Waals surface area contributed by atoms with Crippen LogP contribution in [-0.2, 0) is 11.4 Å². The quantitative estimate of drug-likeness (QED) is 0.776. The Balaban J connectivity index is 1.34. The van der Waals surface area contributed by atoms with Crippen molar-refractivity contribution in [3.05, 3.63) is 65.5 Å². The summed E-state index contributed by atoms with van der Waals surface area (Å²) in [5, 5.41) is 0. The van der Waals surface area contributed by atoms with E-state index in [1.165, 1.54) is 12.1 Å². The number of benzene rings is 2. The van der Waals surface area contributed by atoms with Gasteiger partial charge in [-0.3, -0.25) is 9.59 Å². The number of carbonyl (C=O) groups excluding carboxylic acids is 2. The van der Waals surface area contributed by atoms with Gasteiger partial charge in [-0.15, -0.1) is 0 Å². The Morgan fingerprint density at radius 3 is 2.59 bits per heavy atom. The van der Waals surface area contributed by atoms with Crippen molar-refractivity contribution in [1.82, 2.24) is 9.80 Å². The minimum atomic E-state index is -0.342. The smallest absolute Gasteiger partial charge is 0.253 e. The first-order valence-electron chi connectivity index (χ1n) is 10.2. The molecule has 0 saturated carbocycles. The van der Waals surface area contributed by atoms with Crippen molar-refractivity contribution in [3.8, 4) is 5.75 Å². The molecule has 0 spiro atoms. The Bertz CT molecular complexity index is 893. The molecule has 0 aromatic heterocycles. The Morgan fingerprint density at radius 2 is 1.86 bits per heavy atom. The molecule has 2 fully saturated rings. The van der Waals surface area contributed by atoms with Crippen LogP contribution in [0.5, 0.6) is 5.75 Å². The zero-order chi connectivity index (χ0) is 20.2. The van der Waals surface area contributed by atoms with Gasteiger partial charge < -0.3 is 14.5 Å². The van der Waals surface area contributed by atoms with Crippen LogP contribution in [0.1, 0.15) is 41.6 Å². The number of hydrogen-bond acceptors (Lipinski definition) is 3. The van der Waals surface area contributed by atoms with Crippen LogP contribution < -0.4 is 4.74 Å². The lowest BCUT2D eigenvalue weighted by molar-refractivity contribution is -0.130. The molecule has 0 unspecified atom stereocenters. The van der Waals surface area contributed by atoms with E-state index in [9.17, 15) is 14.0 Å². The fraction of sp³-hybridized carbons (Fsp3) is 0.391. The topological polar surface area (TPSA) is 49.9 Å². The summed E-state index contributed by atoms with van der Waals surface area (Å²) in [5.41, 5.74) is 1.48. The third-order valence-corrected chi connectivity index (χ3v) is 5.68. The number of likely N-dealkylation sites (tertiary alicyclic amines) is 2. The molecule has 2 aliphatic heterocycles. The third kappa shape index (κ3) is 4.58. The average molecular weight is 396 g/mol. The van der Waals surface area contributed by atoms with E-state index >= 15 is 0 Å². The predicted octanol–water partition coefficient (Wildman–Crippen LogP) is 3.63. The van der Waals surface area contributed by atoms with Gasteiger partial charge in [-0.2, -0.15) is 0 Å². The van der Waals surface area contributed by atoms with E-state index in [1.54, 1.807) is 12.1 Å². The number of nitrogens with zero attached hydrogens (tertiary/aromatic N) is 2. The highest BCUT2D eigenvalue weighted by atomic mass is 19.1. The van der Waals surface area contributed by atoms with Crippen LogP contribution in [0.15, 0.2) is 48.5 Å². The highest BCUT2D eigenvalue weighted by Crippen LogP contribution is 2.23. The van der Waals surface area contributed by atoms with Crippen molar-refractivity contribution in [2.24, 2.45) is 0 Å². The number of ether oxygens (including phenoxy) is 1. The summed E-state index contributed by atoms with van der Waals surface area (Å²) >= 11 is 0. The molecule has 2 amide bonds. The highest BCUT2D eigenvalue weighted by Gasteiger charge is 2.32. The van der Waals surface area contributed by atoms with Crippen molar-refractivity contribution in [3.63, 3.8) is 0 Å². The molecule has 29 heavy (non-hydrogen) atoms. The van der Waals surface area contributed by atoms with E-state index in [0.29, 0.717) is 30.8 Å². The first kappa shape index (κ1) is 19.4. The van der Waals surface area contributed by atoms with Crippen molar-refractivity contribution < 1.29 is 18.7 Å². The molecule has 5 nitrogen and oxygen atoms in total. The number of carbonyl (C=O) groups is 2. The Hall–Kier alpha value is -2.89. The molecule has 6 heteroatoms. The maximum Gasteiger partial charge on any atom is 0.253 e. The van der Waals surface area contributed by atoms with E-state index < -0.39 is 0 Å². The van der Waals surface area contributed by atoms with Crippen LogP contribution in [0.4, 0.5) is 4.39 Å². The van der Waals surface area contributed by atoms with Crippen molar-refractivity contribution in [2.45, 2.75) is 38.3 Å². The lowest BCUT2D eigenvalue weighted by Gasteiger charge is -2.36. The van der Waals surface area contributed by atoms with Gasteiger partial charge in [0.25, 0.3) is 5.91 Å². The van der Waals surface area contributed by atoms with Gasteiger partial charge in [0.2, 0.25) is 5.91 Å². The summed E-state index contributed by atoms with van der Waals surface area (Å²) in [6.45, 7) is 2.45. The lowest BCUT2D eigenvalue weighted by atomic mass is 10.0. The van der Waals surface area contributed by atoms with Crippen molar-refractivity contribution >= 4 is 11.8 Å². The maximum absolute atomic E-state index is 13.3. The Morgan fingerprint density at radius 1 is 1.07 bits per heavy atom. The third-order valence-electron chi connectivity index (χ3n) is 5.68. The maximum atomic E-state index is 13.3. The van der Waals surface area contributed by atoms with Crippen LogP contribution in [0.3, 0.4) is 0 Å². The van der Waals surface area contributed by atoms with Crippen molar-refractivity contribution in [2.75, 3.05) is 19.6 Å². The van der Waals surface area contributed by atoms with Gasteiger partial charge in [-0.25, -0.2) is 4.39 Å². The molecule has 0 radical (unpaired) electrons. The molecule has 0 aliphatic carbocycles. The number of hydrogen-bond donors (Lipinski definition) is 0. The van der Waals surface area contributed by atoms with Gasteiger partial charge in [0, 0.05) is 43.7 Å². The van der Waals surface area contributed by atoms with E-state index in [-0.39, 0.29) is 30.3 Å². The number of amides is 2. The van der Waals surface area contributed by atoms with Gasteiger partial charge in [-0.1, -0.05) is 18.2 Å². The van der Waals surface area contributed by atoms with E-state index in [4.69, 9.17) is 4.74 Å². The fourth-order valence-electron chi connectivity index (χ4n) is 4.14. The van der Waals surface area contributed by atoms with Crippen LogP contribution in [0.25, 0.3) is 0 Å². The zero-order valence-electron chi connectivity index (χ0n) is 16.4. The van der Waals surface area contributed by atoms with Gasteiger partial charge in [0.15, 0.2) is 0 Å². The van der Waals surface area contributed by atoms with E-state index in [1.807, 2.05) is 34.1 Å². The number of halogens is 1. The number of piperidine rings is 1. The van der Waals surface area contributed by atoms with Crippen LogP contribution in [0, 0.1) is 5.82 Å². The number of rotatable bonds is 5. The molecule has 152 valence electrons. The highest BCUT2D eigenvalue weighted by molar-refractivity contribution is 5.94. The zero-order valence-corrected chi connectivity index (χ0v) is 16.4. The van der Waals surface area contributed by atoms with Crippen LogP contribution in [0.2, 0.25) is 0 Å². The molecule has 0 bridgehead atoms. The molecule has 2 aliphatic rings. The molecular weight excluding hydrogens is 371 g/mol. The monoisotopic (exact) mass is 396 g/mol. The summed E-state index contributed by atoms with van der Waals surface area (Å²) in [6.07, 6.45) is 3.27. The molecule has 2 aromatic carbocycles. The predicted molar refractivity (Wildman–Crippen MR) is 107 cm³/mol. The normalized spacial score (nSPS) is 17.6. The molecule has 2 aromatic rings. The Labute approximate surface area is 170 Å². The molecule has 0 N–H and O–H groups in total. The second-order valence-corrected chi connectivity index (χ2v) is 7.66. The first-order valence-corrected chi connectivity index (χ1v) is 10.2. The Kier molecular flexibility index (Phi) is 5.79. The summed E-state index contributed by atoms with van der Waals surface area (Å²) in [7, 11) is 0. The fourth-order valence-corrected chi connectivity index (χ4v) is 4.14. The molecule has 4 rings (SSSR count). The van der Waals surface area contributed by atoms with Crippen molar-refractivity contribution in [1.29, 1.82) is 0 Å². The molecule has 0 atom stereocenters. The van der Waals surface area contributed by atoms with Gasteiger partial charge in [-0.05, 0) is 49.1 Å². The largest absolute Gasteiger partial charge is 0.489 e. The summed E-state index contributed by atoms with van der Waals surface area (Å²) in [6, 6.07) is 13.6. The second-order valence-electron chi connectivity index (χ2n) is 7.66. The van der Waals surface area contributed by atoms with E-state index in [2.05, 4.69) is 0 Å². The van der Waals surface area contributed by atoms with Crippen LogP contribution in [-0.4, -0.2) is 47.3 Å². The molecule has 2 saturated heterocycles. The summed E-state index contributed by atoms with van der Waals surface area (Å²) in [4.78, 5) is 28.7. The lowest BCUT2D eigenvalue weighted by Crippen LogP contribution is -2.47. The second kappa shape index (κ2) is 8.64. The minimum Gasteiger partial charge on any atom is -0.489 e. The minimum absolute atomic E-state index is 0.00352. The molecular formula is C23H25FN2O3. The summed E-state index contributed by atoms with van der Waals surface area (Å²) in [5.74, 6) is 0.371. The van der Waals surface area contributed by atoms with Crippen LogP contribution >= 0.6 is 0 Å². The van der Waals surface area contributed by atoms with Gasteiger partial charge >= 0.3 is 0 Å². The average Bonchev–Trinajstić information content (AvgIpc) is 3.18. The molecule has 2 heterocycles. The first-order chi connectivity index (χ1) is 14.1. The standard InChI is InChI=1S/C23H25FN2O3/c24-19-6-2-7-21(15-19)29-16-17-4-1-5-18(14-17)23(28)25-12-9-20(10-13-25)26-11-3-8-22(26)27/h1-2,4-7,14-15,20H,3,8-13,16H2. The van der Waals surface area contributed by atoms with E-state index in [0.717, 1.165) is 31.4 Å². The van der Waals surface area contributed by atoms with Gasteiger partial charge in [0.05, 0.1) is 0 Å². The SMILES string of the molecule is O=C(c1cccc(COc2cccc(F)c2)c1)N1CCC(N2CCCC2=O)CC1. The summed E-state index contributed by atoms with van der Waals surface area (Å²) < 4.78 is 18.9.